The SMILES string of the molecule is CN=C(NCc1ccc(OC2CCCC2)nc1)NCC(c1cccs1)N1CCOCC1. The number of morpholine rings is 1. The number of hydrogen-bond acceptors (Lipinski definition) is 6. The highest BCUT2D eigenvalue weighted by atomic mass is 32.1. The third-order valence-electron chi connectivity index (χ3n) is 5.89. The van der Waals surface area contributed by atoms with Crippen molar-refractivity contribution in [3.8, 4) is 5.88 Å². The van der Waals surface area contributed by atoms with Gasteiger partial charge in [0.25, 0.3) is 0 Å². The van der Waals surface area contributed by atoms with Gasteiger partial charge in [0, 0.05) is 50.4 Å². The van der Waals surface area contributed by atoms with Gasteiger partial charge in [-0.25, -0.2) is 4.98 Å². The van der Waals surface area contributed by atoms with E-state index < -0.39 is 0 Å². The summed E-state index contributed by atoms with van der Waals surface area (Å²) in [7, 11) is 1.81. The lowest BCUT2D eigenvalue weighted by Crippen LogP contribution is -2.46. The predicted molar refractivity (Wildman–Crippen MR) is 125 cm³/mol. The number of ether oxygens (including phenoxy) is 2. The molecule has 1 atom stereocenters. The molecule has 2 fully saturated rings. The first kappa shape index (κ1) is 22.0. The molecule has 0 aromatic carbocycles. The zero-order chi connectivity index (χ0) is 21.3. The van der Waals surface area contributed by atoms with E-state index in [0.29, 0.717) is 18.7 Å². The highest BCUT2D eigenvalue weighted by Crippen LogP contribution is 2.25. The van der Waals surface area contributed by atoms with E-state index in [-0.39, 0.29) is 0 Å². The summed E-state index contributed by atoms with van der Waals surface area (Å²) in [4.78, 5) is 12.7. The molecule has 2 aliphatic rings. The Morgan fingerprint density at radius 3 is 2.77 bits per heavy atom. The van der Waals surface area contributed by atoms with Crippen molar-refractivity contribution in [3.05, 3.63) is 46.3 Å². The van der Waals surface area contributed by atoms with Crippen molar-refractivity contribution in [2.75, 3.05) is 39.9 Å². The Morgan fingerprint density at radius 1 is 1.26 bits per heavy atom. The fourth-order valence-corrected chi connectivity index (χ4v) is 5.00. The van der Waals surface area contributed by atoms with Crippen molar-refractivity contribution in [3.63, 3.8) is 0 Å². The Morgan fingerprint density at radius 2 is 2.10 bits per heavy atom. The molecule has 31 heavy (non-hydrogen) atoms. The molecule has 1 aliphatic carbocycles. The molecule has 2 aromatic heterocycles. The molecule has 1 aliphatic heterocycles. The van der Waals surface area contributed by atoms with Gasteiger partial charge in [-0.3, -0.25) is 9.89 Å². The van der Waals surface area contributed by atoms with Gasteiger partial charge >= 0.3 is 0 Å². The summed E-state index contributed by atoms with van der Waals surface area (Å²) in [6, 6.07) is 8.68. The second-order valence-electron chi connectivity index (χ2n) is 8.02. The topological polar surface area (TPSA) is 71.0 Å². The van der Waals surface area contributed by atoms with Crippen LogP contribution in [0.3, 0.4) is 0 Å². The fraction of sp³-hybridized carbons (Fsp3) is 0.565. The summed E-state index contributed by atoms with van der Waals surface area (Å²) >= 11 is 1.80. The van der Waals surface area contributed by atoms with Gasteiger partial charge in [-0.2, -0.15) is 0 Å². The Bertz CT molecular complexity index is 800. The summed E-state index contributed by atoms with van der Waals surface area (Å²) < 4.78 is 11.5. The molecule has 8 heteroatoms. The van der Waals surface area contributed by atoms with E-state index in [0.717, 1.165) is 63.1 Å². The van der Waals surface area contributed by atoms with Crippen molar-refractivity contribution in [1.82, 2.24) is 20.5 Å². The quantitative estimate of drug-likeness (QED) is 0.482. The zero-order valence-electron chi connectivity index (χ0n) is 18.3. The van der Waals surface area contributed by atoms with Gasteiger partial charge in [0.05, 0.1) is 19.3 Å². The van der Waals surface area contributed by atoms with Gasteiger partial charge in [0.2, 0.25) is 5.88 Å². The smallest absolute Gasteiger partial charge is 0.213 e. The number of aliphatic imine (C=N–C) groups is 1. The van der Waals surface area contributed by atoms with Crippen LogP contribution in [0.2, 0.25) is 0 Å². The van der Waals surface area contributed by atoms with Crippen LogP contribution in [0, 0.1) is 0 Å². The van der Waals surface area contributed by atoms with E-state index in [2.05, 4.69) is 49.1 Å². The highest BCUT2D eigenvalue weighted by molar-refractivity contribution is 7.10. The highest BCUT2D eigenvalue weighted by Gasteiger charge is 2.23. The lowest BCUT2D eigenvalue weighted by atomic mass is 10.2. The van der Waals surface area contributed by atoms with Crippen LogP contribution in [-0.4, -0.2) is 61.8 Å². The average molecular weight is 444 g/mol. The maximum atomic E-state index is 5.95. The Labute approximate surface area is 188 Å². The van der Waals surface area contributed by atoms with E-state index in [1.54, 1.807) is 18.4 Å². The minimum Gasteiger partial charge on any atom is -0.474 e. The van der Waals surface area contributed by atoms with Gasteiger partial charge < -0.3 is 20.1 Å². The molecular formula is C23H33N5O2S. The molecule has 2 N–H and O–H groups in total. The number of aromatic nitrogens is 1. The summed E-state index contributed by atoms with van der Waals surface area (Å²) in [5, 5.41) is 9.04. The zero-order valence-corrected chi connectivity index (χ0v) is 19.1. The molecular weight excluding hydrogens is 410 g/mol. The number of guanidine groups is 1. The van der Waals surface area contributed by atoms with Gasteiger partial charge in [0.1, 0.15) is 6.10 Å². The molecule has 3 heterocycles. The van der Waals surface area contributed by atoms with Crippen LogP contribution in [0.25, 0.3) is 0 Å². The second kappa shape index (κ2) is 11.5. The molecule has 168 valence electrons. The van der Waals surface area contributed by atoms with E-state index in [4.69, 9.17) is 9.47 Å². The van der Waals surface area contributed by atoms with E-state index >= 15 is 0 Å². The molecule has 7 nitrogen and oxygen atoms in total. The fourth-order valence-electron chi connectivity index (χ4n) is 4.14. The van der Waals surface area contributed by atoms with Crippen LogP contribution in [0.5, 0.6) is 5.88 Å². The van der Waals surface area contributed by atoms with Crippen molar-refractivity contribution in [2.45, 2.75) is 44.4 Å². The molecule has 1 saturated carbocycles. The molecule has 2 aromatic rings. The monoisotopic (exact) mass is 443 g/mol. The van der Waals surface area contributed by atoms with Crippen LogP contribution < -0.4 is 15.4 Å². The molecule has 0 radical (unpaired) electrons. The minimum atomic E-state index is 0.316. The maximum Gasteiger partial charge on any atom is 0.213 e. The predicted octanol–water partition coefficient (Wildman–Crippen LogP) is 3.20. The summed E-state index contributed by atoms with van der Waals surface area (Å²) in [5.41, 5.74) is 1.10. The lowest BCUT2D eigenvalue weighted by Gasteiger charge is -2.34. The number of rotatable bonds is 8. The maximum absolute atomic E-state index is 5.95. The van der Waals surface area contributed by atoms with Gasteiger partial charge in [-0.15, -0.1) is 11.3 Å². The number of nitrogens with zero attached hydrogens (tertiary/aromatic N) is 3. The van der Waals surface area contributed by atoms with Gasteiger partial charge in [-0.05, 0) is 42.7 Å². The van der Waals surface area contributed by atoms with Crippen LogP contribution in [0.1, 0.15) is 42.2 Å². The minimum absolute atomic E-state index is 0.316. The number of nitrogens with one attached hydrogen (secondary N) is 2. The first-order chi connectivity index (χ1) is 15.3. The Balaban J connectivity index is 1.27. The first-order valence-electron chi connectivity index (χ1n) is 11.2. The number of thiophene rings is 1. The first-order valence-corrected chi connectivity index (χ1v) is 12.1. The third-order valence-corrected chi connectivity index (χ3v) is 6.87. The summed E-state index contributed by atoms with van der Waals surface area (Å²) in [6.07, 6.45) is 7.03. The van der Waals surface area contributed by atoms with Crippen molar-refractivity contribution in [2.24, 2.45) is 4.99 Å². The van der Waals surface area contributed by atoms with Crippen molar-refractivity contribution < 1.29 is 9.47 Å². The lowest BCUT2D eigenvalue weighted by molar-refractivity contribution is 0.0177. The average Bonchev–Trinajstić information content (AvgIpc) is 3.52. The van der Waals surface area contributed by atoms with Gasteiger partial charge in [0.15, 0.2) is 5.96 Å². The number of hydrogen-bond donors (Lipinski definition) is 2. The molecule has 0 bridgehead atoms. The molecule has 0 spiro atoms. The molecule has 4 rings (SSSR count). The largest absolute Gasteiger partial charge is 0.474 e. The van der Waals surface area contributed by atoms with Crippen LogP contribution >= 0.6 is 11.3 Å². The third kappa shape index (κ3) is 6.41. The molecule has 1 unspecified atom stereocenters. The van der Waals surface area contributed by atoms with Crippen molar-refractivity contribution >= 4 is 17.3 Å². The second-order valence-corrected chi connectivity index (χ2v) is 8.99. The number of pyridine rings is 1. The van der Waals surface area contributed by atoms with Crippen molar-refractivity contribution in [1.29, 1.82) is 0 Å². The standard InChI is InChI=1S/C23H33N5O2S/c1-24-23(26-16-18-8-9-22(25-15-18)30-19-5-2-3-6-19)27-17-20(21-7-4-14-31-21)28-10-12-29-13-11-28/h4,7-9,14-15,19-20H,2-3,5-6,10-13,16-17H2,1H3,(H2,24,26,27). The summed E-state index contributed by atoms with van der Waals surface area (Å²) in [6.45, 7) is 4.96. The summed E-state index contributed by atoms with van der Waals surface area (Å²) in [5.74, 6) is 1.52. The molecule has 1 saturated heterocycles. The normalized spacial score (nSPS) is 19.3. The molecule has 0 amide bonds. The van der Waals surface area contributed by atoms with Crippen LogP contribution in [0.15, 0.2) is 40.8 Å². The van der Waals surface area contributed by atoms with E-state index in [1.807, 2.05) is 12.3 Å². The van der Waals surface area contributed by atoms with Gasteiger partial charge in [-0.1, -0.05) is 12.1 Å². The van der Waals surface area contributed by atoms with E-state index in [1.165, 1.54) is 17.7 Å². The Hall–Kier alpha value is -2.16. The Kier molecular flexibility index (Phi) is 8.15. The van der Waals surface area contributed by atoms with Crippen LogP contribution in [-0.2, 0) is 11.3 Å². The van der Waals surface area contributed by atoms with E-state index in [9.17, 15) is 0 Å². The van der Waals surface area contributed by atoms with Crippen LogP contribution in [0.4, 0.5) is 0 Å².